The number of nitrogens with zero attached hydrogens (tertiary/aromatic N) is 2. The largest absolute Gasteiger partial charge is 0.381 e. The van der Waals surface area contributed by atoms with Gasteiger partial charge in [-0.25, -0.2) is 5.01 Å². The molecule has 0 saturated carbocycles. The van der Waals surface area contributed by atoms with E-state index in [2.05, 4.69) is 10.3 Å². The van der Waals surface area contributed by atoms with Gasteiger partial charge in [-0.1, -0.05) is 29.8 Å². The second-order valence-electron chi connectivity index (χ2n) is 8.72. The van der Waals surface area contributed by atoms with Crippen molar-refractivity contribution in [2.75, 3.05) is 32.8 Å². The Balaban J connectivity index is 1.45. The fourth-order valence-electron chi connectivity index (χ4n) is 4.93. The molecule has 4 rings (SSSR count). The summed E-state index contributed by atoms with van der Waals surface area (Å²) in [5.41, 5.74) is 4.63. The summed E-state index contributed by atoms with van der Waals surface area (Å²) in [5.74, 6) is 0.610. The van der Waals surface area contributed by atoms with Crippen LogP contribution in [0.2, 0.25) is 0 Å². The number of nitrogens with one attached hydrogen (secondary N) is 1. The van der Waals surface area contributed by atoms with E-state index in [0.29, 0.717) is 18.8 Å². The highest BCUT2D eigenvalue weighted by atomic mass is 16.5. The average Bonchev–Trinajstić information content (AvgIpc) is 3.00. The maximum Gasteiger partial charge on any atom is 0.245 e. The number of ether oxygens (including phenoxy) is 1. The molecular formula is C22H31N3O3. The molecule has 3 aliphatic heterocycles. The molecule has 1 atom stereocenters. The molecule has 1 spiro atoms. The Morgan fingerprint density at radius 1 is 1.25 bits per heavy atom. The number of hydrogen-bond acceptors (Lipinski definition) is 4. The second kappa shape index (κ2) is 8.21. The number of aryl methyl sites for hydroxylation is 1. The van der Waals surface area contributed by atoms with E-state index in [1.165, 1.54) is 5.56 Å². The molecule has 1 aromatic rings. The van der Waals surface area contributed by atoms with Crippen molar-refractivity contribution in [3.63, 3.8) is 0 Å². The van der Waals surface area contributed by atoms with Crippen LogP contribution in [0.3, 0.4) is 0 Å². The maximum absolute atomic E-state index is 13.1. The molecule has 0 radical (unpaired) electrons. The van der Waals surface area contributed by atoms with Crippen molar-refractivity contribution < 1.29 is 14.3 Å². The molecular weight excluding hydrogens is 354 g/mol. The minimum atomic E-state index is -0.401. The van der Waals surface area contributed by atoms with Gasteiger partial charge in [-0.2, -0.15) is 0 Å². The Kier molecular flexibility index (Phi) is 5.69. The molecule has 0 bridgehead atoms. The van der Waals surface area contributed by atoms with Crippen molar-refractivity contribution in [1.82, 2.24) is 15.3 Å². The first kappa shape index (κ1) is 19.4. The Hall–Kier alpha value is -1.92. The van der Waals surface area contributed by atoms with E-state index >= 15 is 0 Å². The normalized spacial score (nSPS) is 26.6. The Labute approximate surface area is 167 Å². The van der Waals surface area contributed by atoms with Crippen molar-refractivity contribution in [3.8, 4) is 0 Å². The van der Waals surface area contributed by atoms with Crippen LogP contribution < -0.4 is 5.43 Å². The van der Waals surface area contributed by atoms with E-state index in [9.17, 15) is 9.59 Å². The highest BCUT2D eigenvalue weighted by molar-refractivity contribution is 5.88. The molecule has 0 aliphatic carbocycles. The number of carbonyl (C=O) groups is 2. The van der Waals surface area contributed by atoms with Crippen LogP contribution in [0.4, 0.5) is 0 Å². The lowest BCUT2D eigenvalue weighted by Gasteiger charge is -2.45. The molecule has 6 nitrogen and oxygen atoms in total. The quantitative estimate of drug-likeness (QED) is 0.862. The molecule has 1 unspecified atom stereocenters. The first-order chi connectivity index (χ1) is 13.5. The van der Waals surface area contributed by atoms with Crippen LogP contribution in [0.15, 0.2) is 24.3 Å². The predicted molar refractivity (Wildman–Crippen MR) is 106 cm³/mol. The van der Waals surface area contributed by atoms with Gasteiger partial charge >= 0.3 is 0 Å². The summed E-state index contributed by atoms with van der Waals surface area (Å²) in [5, 5.41) is 1.67. The first-order valence-electron chi connectivity index (χ1n) is 10.5. The molecule has 1 N–H and O–H groups in total. The highest BCUT2D eigenvalue weighted by Crippen LogP contribution is 2.35. The summed E-state index contributed by atoms with van der Waals surface area (Å²) in [6.45, 7) is 6.61. The van der Waals surface area contributed by atoms with Gasteiger partial charge < -0.3 is 9.64 Å². The third kappa shape index (κ3) is 4.23. The summed E-state index contributed by atoms with van der Waals surface area (Å²) in [4.78, 5) is 27.8. The van der Waals surface area contributed by atoms with Gasteiger partial charge in [-0.15, -0.1) is 0 Å². The summed E-state index contributed by atoms with van der Waals surface area (Å²) in [7, 11) is 0. The third-order valence-electron chi connectivity index (χ3n) is 6.42. The van der Waals surface area contributed by atoms with Gasteiger partial charge in [0.05, 0.1) is 18.4 Å². The topological polar surface area (TPSA) is 61.9 Å². The number of rotatable bonds is 4. The van der Waals surface area contributed by atoms with Gasteiger partial charge in [0.15, 0.2) is 0 Å². The first-order valence-corrected chi connectivity index (χ1v) is 10.5. The Morgan fingerprint density at radius 3 is 2.75 bits per heavy atom. The van der Waals surface area contributed by atoms with Gasteiger partial charge in [0, 0.05) is 26.3 Å². The lowest BCUT2D eigenvalue weighted by Crippen LogP contribution is -2.60. The number of amides is 2. The van der Waals surface area contributed by atoms with Crippen LogP contribution in [0.25, 0.3) is 0 Å². The minimum Gasteiger partial charge on any atom is -0.381 e. The molecule has 1 aromatic carbocycles. The van der Waals surface area contributed by atoms with Crippen LogP contribution in [-0.4, -0.2) is 60.1 Å². The molecule has 0 aromatic heterocycles. The zero-order valence-corrected chi connectivity index (χ0v) is 16.8. The smallest absolute Gasteiger partial charge is 0.245 e. The number of hydrazine groups is 1. The Morgan fingerprint density at radius 2 is 2.00 bits per heavy atom. The summed E-state index contributed by atoms with van der Waals surface area (Å²) in [6, 6.07) is 8.04. The second-order valence-corrected chi connectivity index (χ2v) is 8.72. The fourth-order valence-corrected chi connectivity index (χ4v) is 4.93. The lowest BCUT2D eigenvalue weighted by atomic mass is 9.85. The maximum atomic E-state index is 13.1. The van der Waals surface area contributed by atoms with Crippen molar-refractivity contribution in [3.05, 3.63) is 35.4 Å². The van der Waals surface area contributed by atoms with Gasteiger partial charge in [0.1, 0.15) is 0 Å². The minimum absolute atomic E-state index is 0.0115. The third-order valence-corrected chi connectivity index (χ3v) is 6.42. The van der Waals surface area contributed by atoms with Crippen molar-refractivity contribution in [1.29, 1.82) is 0 Å². The summed E-state index contributed by atoms with van der Waals surface area (Å²) >= 11 is 0. The molecule has 3 saturated heterocycles. The number of benzene rings is 1. The van der Waals surface area contributed by atoms with E-state index in [4.69, 9.17) is 4.74 Å². The summed E-state index contributed by atoms with van der Waals surface area (Å²) in [6.07, 6.45) is 4.86. The van der Waals surface area contributed by atoms with E-state index in [1.807, 2.05) is 31.2 Å². The molecule has 28 heavy (non-hydrogen) atoms. The van der Waals surface area contributed by atoms with Crippen LogP contribution in [0.5, 0.6) is 0 Å². The molecule has 6 heteroatoms. The van der Waals surface area contributed by atoms with Crippen molar-refractivity contribution >= 4 is 11.8 Å². The zero-order valence-electron chi connectivity index (χ0n) is 16.8. The summed E-state index contributed by atoms with van der Waals surface area (Å²) < 4.78 is 5.48. The SMILES string of the molecule is Cc1ccc(CC(=O)N2NC(=O)CC23CCCN(CC2CCOCC2)C3)cc1. The predicted octanol–water partition coefficient (Wildman–Crippen LogP) is 2.06. The van der Waals surface area contributed by atoms with Gasteiger partial charge in [-0.3, -0.25) is 15.0 Å². The van der Waals surface area contributed by atoms with Gasteiger partial charge in [0.25, 0.3) is 0 Å². The Bertz CT molecular complexity index is 714. The molecule has 3 fully saturated rings. The fraction of sp³-hybridized carbons (Fsp3) is 0.636. The van der Waals surface area contributed by atoms with Crippen LogP contribution >= 0.6 is 0 Å². The standard InChI is InChI=1S/C22H31N3O3/c1-17-3-5-18(6-4-17)13-21(27)25-22(14-20(26)23-25)9-2-10-24(16-22)15-19-7-11-28-12-8-19/h3-6,19H,2,7-16H2,1H3,(H,23,26). The van der Waals surface area contributed by atoms with E-state index in [1.54, 1.807) is 5.01 Å². The van der Waals surface area contributed by atoms with Crippen LogP contribution in [-0.2, 0) is 20.7 Å². The molecule has 2 amide bonds. The van der Waals surface area contributed by atoms with E-state index in [0.717, 1.165) is 64.1 Å². The van der Waals surface area contributed by atoms with Crippen LogP contribution in [0.1, 0.15) is 43.2 Å². The van der Waals surface area contributed by atoms with Crippen molar-refractivity contribution in [2.24, 2.45) is 5.92 Å². The molecule has 3 aliphatic rings. The van der Waals surface area contributed by atoms with Crippen molar-refractivity contribution in [2.45, 2.75) is 51.0 Å². The average molecular weight is 386 g/mol. The van der Waals surface area contributed by atoms with Crippen LogP contribution in [0, 0.1) is 12.8 Å². The van der Waals surface area contributed by atoms with E-state index in [-0.39, 0.29) is 11.8 Å². The number of piperidine rings is 1. The number of carbonyl (C=O) groups excluding carboxylic acids is 2. The number of hydrogen-bond donors (Lipinski definition) is 1. The zero-order chi connectivity index (χ0) is 19.6. The number of likely N-dealkylation sites (tertiary alicyclic amines) is 1. The van der Waals surface area contributed by atoms with E-state index < -0.39 is 5.54 Å². The van der Waals surface area contributed by atoms with Gasteiger partial charge in [0.2, 0.25) is 11.8 Å². The lowest BCUT2D eigenvalue weighted by molar-refractivity contribution is -0.142. The van der Waals surface area contributed by atoms with Gasteiger partial charge in [-0.05, 0) is 50.6 Å². The molecule has 152 valence electrons. The molecule has 3 heterocycles. The highest BCUT2D eigenvalue weighted by Gasteiger charge is 2.50. The monoisotopic (exact) mass is 385 g/mol.